The van der Waals surface area contributed by atoms with E-state index in [1.54, 1.807) is 0 Å². The van der Waals surface area contributed by atoms with E-state index in [9.17, 15) is 19.7 Å². The number of methoxy groups -OCH3 is 1. The van der Waals surface area contributed by atoms with Crippen LogP contribution >= 0.6 is 0 Å². The fourth-order valence-electron chi connectivity index (χ4n) is 2.96. The Morgan fingerprint density at radius 3 is 2.28 bits per heavy atom. The van der Waals surface area contributed by atoms with Crippen LogP contribution in [0.15, 0.2) is 10.4 Å². The largest absolute Gasteiger partial charge is 0.469 e. The third-order valence-corrected chi connectivity index (χ3v) is 4.85. The summed E-state index contributed by atoms with van der Waals surface area (Å²) < 4.78 is 4.62. The van der Waals surface area contributed by atoms with Gasteiger partial charge in [-0.25, -0.2) is 0 Å². The van der Waals surface area contributed by atoms with E-state index in [4.69, 9.17) is 22.3 Å². The Morgan fingerprint density at radius 2 is 1.76 bits per heavy atom. The van der Waals surface area contributed by atoms with Crippen molar-refractivity contribution in [3.8, 4) is 0 Å². The fourth-order valence-corrected chi connectivity index (χ4v) is 2.96. The SMILES string of the molecule is COC(=O)CCCN(CCC(N=O)C(N)CCN)CC(N=O)C(N)C(O)CCO. The highest BCUT2D eigenvalue weighted by atomic mass is 16.5. The van der Waals surface area contributed by atoms with Crippen molar-refractivity contribution in [2.75, 3.05) is 39.9 Å². The number of nitrogens with zero attached hydrogens (tertiary/aromatic N) is 3. The van der Waals surface area contributed by atoms with Crippen molar-refractivity contribution < 1.29 is 19.7 Å². The van der Waals surface area contributed by atoms with Crippen LogP contribution in [0.25, 0.3) is 0 Å². The molecule has 0 saturated heterocycles. The molecular formula is C17H36N6O6. The van der Waals surface area contributed by atoms with E-state index in [0.29, 0.717) is 38.9 Å². The van der Waals surface area contributed by atoms with Gasteiger partial charge in [-0.2, -0.15) is 9.81 Å². The van der Waals surface area contributed by atoms with E-state index in [0.717, 1.165) is 0 Å². The Balaban J connectivity index is 5.02. The van der Waals surface area contributed by atoms with Crippen LogP contribution in [0, 0.1) is 9.81 Å². The highest BCUT2D eigenvalue weighted by molar-refractivity contribution is 5.69. The van der Waals surface area contributed by atoms with Gasteiger partial charge < -0.3 is 37.1 Å². The van der Waals surface area contributed by atoms with E-state index >= 15 is 0 Å². The lowest BCUT2D eigenvalue weighted by atomic mass is 10.00. The number of nitroso groups, excluding NO2 is 2. The Hall–Kier alpha value is -1.57. The predicted octanol–water partition coefficient (Wildman–Crippen LogP) is -1.35. The number of aliphatic hydroxyl groups is 2. The molecule has 12 heteroatoms. The molecule has 0 saturated carbocycles. The standard InChI is InChI=1S/C17H36N6O6/c1-29-16(26)3-2-8-23(9-5-13(21-27)12(19)4-7-18)11-14(22-28)17(20)15(25)6-10-24/h12-15,17,24-25H,2-11,18-20H2,1H3. The van der Waals surface area contributed by atoms with Gasteiger partial charge in [0, 0.05) is 32.2 Å². The minimum atomic E-state index is -1.08. The molecule has 0 bridgehead atoms. The topological polar surface area (TPSA) is 207 Å². The molecule has 0 radical (unpaired) electrons. The molecule has 12 nitrogen and oxygen atoms in total. The first-order chi connectivity index (χ1) is 13.8. The lowest BCUT2D eigenvalue weighted by molar-refractivity contribution is -0.140. The molecule has 0 fully saturated rings. The van der Waals surface area contributed by atoms with Gasteiger partial charge in [-0.1, -0.05) is 10.4 Å². The maximum absolute atomic E-state index is 11.3. The summed E-state index contributed by atoms with van der Waals surface area (Å²) in [6, 6.07) is -3.00. The predicted molar refractivity (Wildman–Crippen MR) is 109 cm³/mol. The summed E-state index contributed by atoms with van der Waals surface area (Å²) in [5.74, 6) is -0.359. The zero-order valence-electron chi connectivity index (χ0n) is 17.1. The van der Waals surface area contributed by atoms with Gasteiger partial charge in [0.2, 0.25) is 0 Å². The Kier molecular flexibility index (Phi) is 15.4. The first-order valence-electron chi connectivity index (χ1n) is 9.78. The molecule has 29 heavy (non-hydrogen) atoms. The highest BCUT2D eigenvalue weighted by Crippen LogP contribution is 2.12. The molecule has 8 N–H and O–H groups in total. The quantitative estimate of drug-likeness (QED) is 0.130. The zero-order chi connectivity index (χ0) is 22.2. The lowest BCUT2D eigenvalue weighted by Gasteiger charge is -2.30. The molecule has 0 aromatic heterocycles. The van der Waals surface area contributed by atoms with Gasteiger partial charge in [0.15, 0.2) is 0 Å². The molecule has 5 atom stereocenters. The second kappa shape index (κ2) is 16.3. The monoisotopic (exact) mass is 420 g/mol. The van der Waals surface area contributed by atoms with Crippen molar-refractivity contribution in [1.29, 1.82) is 0 Å². The molecule has 170 valence electrons. The Morgan fingerprint density at radius 1 is 1.10 bits per heavy atom. The van der Waals surface area contributed by atoms with Gasteiger partial charge in [0.05, 0.1) is 19.3 Å². The molecule has 0 aliphatic rings. The maximum Gasteiger partial charge on any atom is 0.305 e. The van der Waals surface area contributed by atoms with Crippen LogP contribution in [0.4, 0.5) is 0 Å². The van der Waals surface area contributed by atoms with Crippen molar-refractivity contribution >= 4 is 5.97 Å². The van der Waals surface area contributed by atoms with E-state index in [2.05, 4.69) is 15.1 Å². The summed E-state index contributed by atoms with van der Waals surface area (Å²) in [4.78, 5) is 35.6. The van der Waals surface area contributed by atoms with Gasteiger partial charge in [0.1, 0.15) is 12.1 Å². The van der Waals surface area contributed by atoms with Crippen molar-refractivity contribution in [3.63, 3.8) is 0 Å². The summed E-state index contributed by atoms with van der Waals surface area (Å²) in [5.41, 5.74) is 17.3. The van der Waals surface area contributed by atoms with Crippen molar-refractivity contribution in [2.24, 2.45) is 27.6 Å². The van der Waals surface area contributed by atoms with Crippen LogP contribution < -0.4 is 17.2 Å². The molecule has 0 aromatic carbocycles. The molecule has 0 aliphatic carbocycles. The summed E-state index contributed by atoms with van der Waals surface area (Å²) >= 11 is 0. The number of hydrogen-bond acceptors (Lipinski definition) is 12. The number of ether oxygens (including phenoxy) is 1. The van der Waals surface area contributed by atoms with Gasteiger partial charge >= 0.3 is 5.97 Å². The van der Waals surface area contributed by atoms with Crippen molar-refractivity contribution in [3.05, 3.63) is 9.81 Å². The number of carbonyl (C=O) groups is 1. The van der Waals surface area contributed by atoms with Crippen LogP contribution in [0.1, 0.15) is 32.1 Å². The molecule has 0 spiro atoms. The number of nitrogens with two attached hydrogens (primary N) is 3. The molecule has 5 unspecified atom stereocenters. The van der Waals surface area contributed by atoms with Crippen LogP contribution in [0.2, 0.25) is 0 Å². The second-order valence-corrected chi connectivity index (χ2v) is 7.01. The van der Waals surface area contributed by atoms with Gasteiger partial charge in [-0.05, 0) is 38.8 Å². The Bertz CT molecular complexity index is 472. The summed E-state index contributed by atoms with van der Waals surface area (Å²) in [6.07, 6.45) is 0.384. The molecule has 0 aliphatic heterocycles. The number of carbonyl (C=O) groups excluding carboxylic acids is 1. The van der Waals surface area contributed by atoms with Gasteiger partial charge in [0.25, 0.3) is 0 Å². The average Bonchev–Trinajstić information content (AvgIpc) is 2.71. The zero-order valence-corrected chi connectivity index (χ0v) is 17.1. The number of aliphatic hydroxyl groups excluding tert-OH is 2. The van der Waals surface area contributed by atoms with Crippen LogP contribution in [0.3, 0.4) is 0 Å². The van der Waals surface area contributed by atoms with Gasteiger partial charge in [-0.15, -0.1) is 0 Å². The van der Waals surface area contributed by atoms with E-state index < -0.39 is 30.3 Å². The highest BCUT2D eigenvalue weighted by Gasteiger charge is 2.28. The third kappa shape index (κ3) is 11.3. The maximum atomic E-state index is 11.3. The summed E-state index contributed by atoms with van der Waals surface area (Å²) in [7, 11) is 1.30. The van der Waals surface area contributed by atoms with Gasteiger partial charge in [-0.3, -0.25) is 4.79 Å². The lowest BCUT2D eigenvalue weighted by Crippen LogP contribution is -2.50. The average molecular weight is 421 g/mol. The normalized spacial score (nSPS) is 16.7. The van der Waals surface area contributed by atoms with Crippen LogP contribution in [-0.2, 0) is 9.53 Å². The van der Waals surface area contributed by atoms with Crippen LogP contribution in [-0.4, -0.2) is 91.2 Å². The molecule has 0 heterocycles. The minimum Gasteiger partial charge on any atom is -0.469 e. The Labute approximate surface area is 171 Å². The number of rotatable bonds is 18. The van der Waals surface area contributed by atoms with E-state index in [1.807, 2.05) is 4.90 Å². The summed E-state index contributed by atoms with van der Waals surface area (Å²) in [5, 5.41) is 25.0. The first kappa shape index (κ1) is 27.4. The molecule has 0 aromatic rings. The fraction of sp³-hybridized carbons (Fsp3) is 0.941. The first-order valence-corrected chi connectivity index (χ1v) is 9.78. The van der Waals surface area contributed by atoms with Crippen molar-refractivity contribution in [1.82, 2.24) is 4.90 Å². The molecule has 0 amide bonds. The smallest absolute Gasteiger partial charge is 0.305 e. The van der Waals surface area contributed by atoms with Crippen molar-refractivity contribution in [2.45, 2.75) is 62.4 Å². The molecular weight excluding hydrogens is 384 g/mol. The third-order valence-electron chi connectivity index (χ3n) is 4.85. The molecule has 0 rings (SSSR count). The van der Waals surface area contributed by atoms with Crippen LogP contribution in [0.5, 0.6) is 0 Å². The number of esters is 1. The number of hydrogen-bond donors (Lipinski definition) is 5. The summed E-state index contributed by atoms with van der Waals surface area (Å²) in [6.45, 7) is 0.970. The second-order valence-electron chi connectivity index (χ2n) is 7.01. The van der Waals surface area contributed by atoms with E-state index in [-0.39, 0.29) is 32.0 Å². The van der Waals surface area contributed by atoms with E-state index in [1.165, 1.54) is 7.11 Å². The minimum absolute atomic E-state index is 0.0284.